The fourth-order valence-corrected chi connectivity index (χ4v) is 3.43. The van der Waals surface area contributed by atoms with Crippen molar-refractivity contribution in [2.75, 3.05) is 20.1 Å². The van der Waals surface area contributed by atoms with E-state index in [-0.39, 0.29) is 29.8 Å². The van der Waals surface area contributed by atoms with E-state index in [1.807, 2.05) is 13.0 Å². The average molecular weight is 396 g/mol. The predicted octanol–water partition coefficient (Wildman–Crippen LogP) is 2.71. The number of rotatable bonds is 4. The van der Waals surface area contributed by atoms with Crippen LogP contribution in [-0.4, -0.2) is 36.1 Å². The van der Waals surface area contributed by atoms with E-state index in [2.05, 4.69) is 10.5 Å². The van der Waals surface area contributed by atoms with Gasteiger partial charge in [-0.1, -0.05) is 5.16 Å². The third-order valence-corrected chi connectivity index (χ3v) is 5.05. The van der Waals surface area contributed by atoms with Gasteiger partial charge in [-0.05, 0) is 58.3 Å². The zero-order chi connectivity index (χ0) is 18.8. The third kappa shape index (κ3) is 4.42. The molecule has 1 aliphatic rings. The Balaban J connectivity index is 0.00000261. The number of carbonyl (C=O) groups is 1. The van der Waals surface area contributed by atoms with Gasteiger partial charge in [0.15, 0.2) is 0 Å². The van der Waals surface area contributed by atoms with Gasteiger partial charge in [0, 0.05) is 18.5 Å². The molecule has 27 heavy (non-hydrogen) atoms. The molecule has 1 aliphatic heterocycles. The summed E-state index contributed by atoms with van der Waals surface area (Å²) in [5.74, 6) is 1.23. The summed E-state index contributed by atoms with van der Waals surface area (Å²) >= 11 is 0. The molecule has 1 N–H and O–H groups in total. The van der Waals surface area contributed by atoms with Crippen molar-refractivity contribution in [3.63, 3.8) is 0 Å². The molecule has 2 aromatic heterocycles. The van der Waals surface area contributed by atoms with Gasteiger partial charge in [-0.25, -0.2) is 4.79 Å². The molecule has 3 heterocycles. The number of nitrogens with one attached hydrogen (secondary N) is 1. The first-order valence-corrected chi connectivity index (χ1v) is 8.91. The lowest BCUT2D eigenvalue weighted by Gasteiger charge is -2.22. The second kappa shape index (κ2) is 8.71. The van der Waals surface area contributed by atoms with E-state index in [9.17, 15) is 9.59 Å². The molecule has 0 aliphatic carbocycles. The van der Waals surface area contributed by atoms with Crippen molar-refractivity contribution in [1.82, 2.24) is 15.4 Å². The first kappa shape index (κ1) is 21.2. The van der Waals surface area contributed by atoms with Crippen LogP contribution < -0.4 is 10.9 Å². The van der Waals surface area contributed by atoms with Crippen LogP contribution in [0.2, 0.25) is 0 Å². The van der Waals surface area contributed by atoms with E-state index >= 15 is 0 Å². The highest BCUT2D eigenvalue weighted by molar-refractivity contribution is 5.95. The van der Waals surface area contributed by atoms with Crippen molar-refractivity contribution >= 4 is 18.3 Å². The Labute approximate surface area is 164 Å². The van der Waals surface area contributed by atoms with E-state index in [1.54, 1.807) is 20.9 Å². The number of hydrogen-bond donors (Lipinski definition) is 1. The summed E-state index contributed by atoms with van der Waals surface area (Å²) < 4.78 is 10.7. The Morgan fingerprint density at radius 3 is 2.52 bits per heavy atom. The maximum Gasteiger partial charge on any atom is 0.349 e. The van der Waals surface area contributed by atoms with Gasteiger partial charge >= 0.3 is 5.63 Å². The van der Waals surface area contributed by atoms with Crippen LogP contribution in [0.15, 0.2) is 19.8 Å². The molecule has 1 saturated heterocycles. The van der Waals surface area contributed by atoms with Crippen molar-refractivity contribution < 1.29 is 13.7 Å². The summed E-state index contributed by atoms with van der Waals surface area (Å²) in [6.07, 6.45) is 1.86. The summed E-state index contributed by atoms with van der Waals surface area (Å²) in [5.41, 5.74) is 1.79. The van der Waals surface area contributed by atoms with Crippen LogP contribution in [0.5, 0.6) is 0 Å². The Kier molecular flexibility index (Phi) is 6.84. The van der Waals surface area contributed by atoms with Gasteiger partial charge in [-0.15, -0.1) is 12.4 Å². The quantitative estimate of drug-likeness (QED) is 0.856. The molecule has 0 spiro atoms. The van der Waals surface area contributed by atoms with Crippen molar-refractivity contribution in [2.24, 2.45) is 0 Å². The topological polar surface area (TPSA) is 88.6 Å². The largest absolute Gasteiger partial charge is 0.427 e. The first-order chi connectivity index (χ1) is 12.4. The van der Waals surface area contributed by atoms with Crippen molar-refractivity contribution in [3.8, 4) is 0 Å². The minimum atomic E-state index is -0.561. The van der Waals surface area contributed by atoms with Crippen LogP contribution in [0.3, 0.4) is 0 Å². The number of halogens is 1. The monoisotopic (exact) mass is 395 g/mol. The van der Waals surface area contributed by atoms with Crippen LogP contribution in [0.4, 0.5) is 0 Å². The lowest BCUT2D eigenvalue weighted by atomic mass is 9.94. The second-order valence-corrected chi connectivity index (χ2v) is 6.98. The summed E-state index contributed by atoms with van der Waals surface area (Å²) in [6, 6.07) is 1.84. The van der Waals surface area contributed by atoms with Gasteiger partial charge < -0.3 is 19.2 Å². The summed E-state index contributed by atoms with van der Waals surface area (Å²) in [7, 11) is 1.66. The van der Waals surface area contributed by atoms with Crippen LogP contribution >= 0.6 is 12.4 Å². The highest BCUT2D eigenvalue weighted by Gasteiger charge is 2.25. The standard InChI is InChI=1S/C19H25N3O4.ClH/c1-11-9-16(14-5-7-20-8-6-14)25-19(24)17(11)18(23)22(4)10-15-12(2)21-26-13(15)3;/h9,14,20H,5-8,10H2,1-4H3;1H. The normalized spacial score (nSPS) is 14.7. The molecule has 148 valence electrons. The molecule has 7 nitrogen and oxygen atoms in total. The number of amides is 1. The Morgan fingerprint density at radius 2 is 1.96 bits per heavy atom. The SMILES string of the molecule is Cc1cc(C2CCNCC2)oc(=O)c1C(=O)N(C)Cc1c(C)noc1C.Cl. The average Bonchev–Trinajstić information content (AvgIpc) is 2.93. The van der Waals surface area contributed by atoms with E-state index in [4.69, 9.17) is 8.94 Å². The highest BCUT2D eigenvalue weighted by Crippen LogP contribution is 2.26. The summed E-state index contributed by atoms with van der Waals surface area (Å²) in [6.45, 7) is 7.58. The van der Waals surface area contributed by atoms with Gasteiger partial charge in [0.1, 0.15) is 17.1 Å². The number of aromatic nitrogens is 1. The van der Waals surface area contributed by atoms with E-state index in [0.29, 0.717) is 23.6 Å². The van der Waals surface area contributed by atoms with Gasteiger partial charge in [-0.2, -0.15) is 0 Å². The molecule has 3 rings (SSSR count). The molecule has 1 fully saturated rings. The number of nitrogens with zero attached hydrogens (tertiary/aromatic N) is 2. The van der Waals surface area contributed by atoms with Gasteiger partial charge in [0.25, 0.3) is 5.91 Å². The number of hydrogen-bond acceptors (Lipinski definition) is 6. The summed E-state index contributed by atoms with van der Waals surface area (Å²) in [4.78, 5) is 26.8. The smallest absolute Gasteiger partial charge is 0.349 e. The first-order valence-electron chi connectivity index (χ1n) is 8.91. The Hall–Kier alpha value is -2.12. The molecule has 0 saturated carbocycles. The van der Waals surface area contributed by atoms with Crippen LogP contribution in [-0.2, 0) is 6.54 Å². The zero-order valence-corrected chi connectivity index (χ0v) is 16.9. The minimum Gasteiger partial charge on any atom is -0.427 e. The molecule has 0 bridgehead atoms. The molecule has 0 atom stereocenters. The fourth-order valence-electron chi connectivity index (χ4n) is 3.43. The van der Waals surface area contributed by atoms with Crippen molar-refractivity contribution in [3.05, 3.63) is 50.4 Å². The lowest BCUT2D eigenvalue weighted by molar-refractivity contribution is 0.0778. The Bertz CT molecular complexity index is 849. The maximum atomic E-state index is 12.8. The van der Waals surface area contributed by atoms with Crippen LogP contribution in [0.25, 0.3) is 0 Å². The molecule has 0 aromatic carbocycles. The van der Waals surface area contributed by atoms with Crippen LogP contribution in [0, 0.1) is 20.8 Å². The predicted molar refractivity (Wildman–Crippen MR) is 104 cm³/mol. The molecule has 1 amide bonds. The molecule has 0 radical (unpaired) electrons. The molecule has 0 unspecified atom stereocenters. The Morgan fingerprint density at radius 1 is 1.30 bits per heavy atom. The minimum absolute atomic E-state index is 0. The summed E-state index contributed by atoms with van der Waals surface area (Å²) in [5, 5.41) is 7.20. The molecular weight excluding hydrogens is 370 g/mol. The van der Waals surface area contributed by atoms with Crippen molar-refractivity contribution in [1.29, 1.82) is 0 Å². The molecular formula is C19H26ClN3O4. The third-order valence-electron chi connectivity index (χ3n) is 5.05. The second-order valence-electron chi connectivity index (χ2n) is 6.98. The number of aryl methyl sites for hydroxylation is 3. The number of carbonyl (C=O) groups excluding carboxylic acids is 1. The zero-order valence-electron chi connectivity index (χ0n) is 16.1. The molecule has 8 heteroatoms. The number of piperidine rings is 1. The molecule has 2 aromatic rings. The fraction of sp³-hybridized carbons (Fsp3) is 0.526. The van der Waals surface area contributed by atoms with Crippen LogP contribution in [0.1, 0.15) is 57.5 Å². The van der Waals surface area contributed by atoms with E-state index in [0.717, 1.165) is 37.2 Å². The van der Waals surface area contributed by atoms with E-state index < -0.39 is 5.63 Å². The van der Waals surface area contributed by atoms with Gasteiger partial charge in [-0.3, -0.25) is 4.79 Å². The lowest BCUT2D eigenvalue weighted by Crippen LogP contribution is -2.32. The van der Waals surface area contributed by atoms with Crippen molar-refractivity contribution in [2.45, 2.75) is 46.1 Å². The maximum absolute atomic E-state index is 12.8. The van der Waals surface area contributed by atoms with E-state index in [1.165, 1.54) is 4.90 Å². The highest BCUT2D eigenvalue weighted by atomic mass is 35.5. The van der Waals surface area contributed by atoms with Gasteiger partial charge in [0.05, 0.1) is 12.2 Å². The van der Waals surface area contributed by atoms with Gasteiger partial charge in [0.2, 0.25) is 0 Å².